The van der Waals surface area contributed by atoms with Gasteiger partial charge in [0.25, 0.3) is 0 Å². The molecule has 0 aliphatic heterocycles. The topological polar surface area (TPSA) is 26.0 Å². The second kappa shape index (κ2) is 5.39. The molecule has 0 spiro atoms. The number of halogens is 3. The summed E-state index contributed by atoms with van der Waals surface area (Å²) in [6, 6.07) is 11.1. The molecule has 0 aliphatic rings. The molecule has 0 radical (unpaired) electrons. The minimum atomic E-state index is -0.709. The Morgan fingerprint density at radius 1 is 1.11 bits per heavy atom. The standard InChI is InChI=1S/C15H14BrF2N/c1-15(19,11-3-5-12(16)6-4-11)9-10-2-7-13(17)8-14(10)18/h2-8H,9,19H2,1H3. The highest BCUT2D eigenvalue weighted by Gasteiger charge is 2.23. The van der Waals surface area contributed by atoms with Crippen molar-refractivity contribution in [3.8, 4) is 0 Å². The van der Waals surface area contributed by atoms with Gasteiger partial charge in [0.2, 0.25) is 0 Å². The third-order valence-corrected chi connectivity index (χ3v) is 3.61. The molecule has 0 heterocycles. The van der Waals surface area contributed by atoms with Crippen molar-refractivity contribution >= 4 is 15.9 Å². The predicted octanol–water partition coefficient (Wildman–Crippen LogP) is 4.14. The first-order valence-electron chi connectivity index (χ1n) is 5.87. The minimum absolute atomic E-state index is 0.306. The number of nitrogens with two attached hydrogens (primary N) is 1. The zero-order valence-electron chi connectivity index (χ0n) is 10.5. The molecular weight excluding hydrogens is 312 g/mol. The molecule has 2 N–H and O–H groups in total. The van der Waals surface area contributed by atoms with Crippen molar-refractivity contribution in [1.82, 2.24) is 0 Å². The average molecular weight is 326 g/mol. The molecule has 0 aliphatic carbocycles. The van der Waals surface area contributed by atoms with E-state index in [1.165, 1.54) is 12.1 Å². The Kier molecular flexibility index (Phi) is 4.02. The monoisotopic (exact) mass is 325 g/mol. The van der Waals surface area contributed by atoms with Crippen LogP contribution in [0.15, 0.2) is 46.9 Å². The number of rotatable bonds is 3. The fraction of sp³-hybridized carbons (Fsp3) is 0.200. The molecule has 0 bridgehead atoms. The first kappa shape index (κ1) is 14.2. The van der Waals surface area contributed by atoms with Gasteiger partial charge in [0.1, 0.15) is 11.6 Å². The zero-order chi connectivity index (χ0) is 14.0. The van der Waals surface area contributed by atoms with E-state index in [1.807, 2.05) is 31.2 Å². The molecule has 100 valence electrons. The molecule has 1 atom stereocenters. The van der Waals surface area contributed by atoms with E-state index in [0.717, 1.165) is 16.1 Å². The van der Waals surface area contributed by atoms with Crippen LogP contribution < -0.4 is 5.73 Å². The van der Waals surface area contributed by atoms with E-state index in [4.69, 9.17) is 5.73 Å². The lowest BCUT2D eigenvalue weighted by atomic mass is 9.86. The molecule has 0 fully saturated rings. The van der Waals surface area contributed by atoms with Crippen LogP contribution in [0.25, 0.3) is 0 Å². The number of benzene rings is 2. The summed E-state index contributed by atoms with van der Waals surface area (Å²) < 4.78 is 27.5. The van der Waals surface area contributed by atoms with E-state index in [-0.39, 0.29) is 0 Å². The van der Waals surface area contributed by atoms with Crippen molar-refractivity contribution in [2.24, 2.45) is 5.73 Å². The summed E-state index contributed by atoms with van der Waals surface area (Å²) in [4.78, 5) is 0. The van der Waals surface area contributed by atoms with Crippen molar-refractivity contribution in [2.45, 2.75) is 18.9 Å². The lowest BCUT2D eigenvalue weighted by Gasteiger charge is -2.25. The second-order valence-corrected chi connectivity index (χ2v) is 5.75. The highest BCUT2D eigenvalue weighted by atomic mass is 79.9. The predicted molar refractivity (Wildman–Crippen MR) is 75.7 cm³/mol. The largest absolute Gasteiger partial charge is 0.321 e. The summed E-state index contributed by atoms with van der Waals surface area (Å²) in [7, 11) is 0. The maximum Gasteiger partial charge on any atom is 0.129 e. The summed E-state index contributed by atoms with van der Waals surface area (Å²) in [5, 5.41) is 0. The molecule has 2 aromatic carbocycles. The fourth-order valence-corrected chi connectivity index (χ4v) is 2.26. The van der Waals surface area contributed by atoms with Crippen molar-refractivity contribution in [1.29, 1.82) is 0 Å². The molecule has 0 aromatic heterocycles. The summed E-state index contributed by atoms with van der Waals surface area (Å²) in [6.07, 6.45) is 0.306. The van der Waals surface area contributed by atoms with E-state index in [2.05, 4.69) is 15.9 Å². The number of hydrogen-bond acceptors (Lipinski definition) is 1. The van der Waals surface area contributed by atoms with E-state index in [1.54, 1.807) is 0 Å². The normalized spacial score (nSPS) is 14.2. The fourth-order valence-electron chi connectivity index (χ4n) is 1.99. The van der Waals surface area contributed by atoms with E-state index in [0.29, 0.717) is 12.0 Å². The molecule has 1 nitrogen and oxygen atoms in total. The Morgan fingerprint density at radius 2 is 1.74 bits per heavy atom. The first-order chi connectivity index (χ1) is 8.88. The third-order valence-electron chi connectivity index (χ3n) is 3.08. The van der Waals surface area contributed by atoms with Gasteiger partial charge < -0.3 is 5.73 Å². The van der Waals surface area contributed by atoms with Crippen LogP contribution in [0.5, 0.6) is 0 Å². The molecule has 4 heteroatoms. The summed E-state index contributed by atoms with van der Waals surface area (Å²) >= 11 is 3.36. The summed E-state index contributed by atoms with van der Waals surface area (Å²) in [6.45, 7) is 1.83. The zero-order valence-corrected chi connectivity index (χ0v) is 12.0. The Hall–Kier alpha value is -1.26. The smallest absolute Gasteiger partial charge is 0.129 e. The van der Waals surface area contributed by atoms with Crippen LogP contribution in [-0.4, -0.2) is 0 Å². The molecule has 1 unspecified atom stereocenters. The van der Waals surface area contributed by atoms with Gasteiger partial charge in [-0.05, 0) is 42.7 Å². The van der Waals surface area contributed by atoms with Crippen LogP contribution in [0.4, 0.5) is 8.78 Å². The lowest BCUT2D eigenvalue weighted by Crippen LogP contribution is -2.35. The highest BCUT2D eigenvalue weighted by Crippen LogP contribution is 2.25. The van der Waals surface area contributed by atoms with Gasteiger partial charge in [0.15, 0.2) is 0 Å². The van der Waals surface area contributed by atoms with Crippen LogP contribution in [-0.2, 0) is 12.0 Å². The van der Waals surface area contributed by atoms with Crippen molar-refractivity contribution in [3.05, 3.63) is 69.7 Å². The van der Waals surface area contributed by atoms with Gasteiger partial charge in [0.05, 0.1) is 0 Å². The Morgan fingerprint density at radius 3 is 2.32 bits per heavy atom. The quantitative estimate of drug-likeness (QED) is 0.901. The van der Waals surface area contributed by atoms with E-state index < -0.39 is 17.2 Å². The molecule has 19 heavy (non-hydrogen) atoms. The minimum Gasteiger partial charge on any atom is -0.321 e. The van der Waals surface area contributed by atoms with E-state index >= 15 is 0 Å². The van der Waals surface area contributed by atoms with Gasteiger partial charge in [0, 0.05) is 16.1 Å². The van der Waals surface area contributed by atoms with Gasteiger partial charge in [-0.15, -0.1) is 0 Å². The van der Waals surface area contributed by atoms with Crippen molar-refractivity contribution < 1.29 is 8.78 Å². The maximum absolute atomic E-state index is 13.7. The van der Waals surface area contributed by atoms with Crippen molar-refractivity contribution in [2.75, 3.05) is 0 Å². The van der Waals surface area contributed by atoms with E-state index in [9.17, 15) is 8.78 Å². The second-order valence-electron chi connectivity index (χ2n) is 4.84. The Balaban J connectivity index is 2.27. The van der Waals surface area contributed by atoms with Gasteiger partial charge in [-0.3, -0.25) is 0 Å². The van der Waals surface area contributed by atoms with Crippen LogP contribution in [0.2, 0.25) is 0 Å². The average Bonchev–Trinajstić information content (AvgIpc) is 2.33. The third kappa shape index (κ3) is 3.39. The molecule has 0 amide bonds. The Bertz CT molecular complexity index is 579. The van der Waals surface area contributed by atoms with Gasteiger partial charge in [-0.25, -0.2) is 8.78 Å². The van der Waals surface area contributed by atoms with Crippen LogP contribution in [0.1, 0.15) is 18.1 Å². The summed E-state index contributed by atoms with van der Waals surface area (Å²) in [5.41, 5.74) is 6.86. The molecule has 2 aromatic rings. The molecular formula is C15H14BrF2N. The van der Waals surface area contributed by atoms with Gasteiger partial charge >= 0.3 is 0 Å². The maximum atomic E-state index is 13.7. The molecule has 0 saturated heterocycles. The molecule has 2 rings (SSSR count). The van der Waals surface area contributed by atoms with Crippen LogP contribution >= 0.6 is 15.9 Å². The van der Waals surface area contributed by atoms with Gasteiger partial charge in [-0.1, -0.05) is 34.1 Å². The number of hydrogen-bond donors (Lipinski definition) is 1. The molecule has 0 saturated carbocycles. The van der Waals surface area contributed by atoms with Crippen molar-refractivity contribution in [3.63, 3.8) is 0 Å². The van der Waals surface area contributed by atoms with Crippen LogP contribution in [0.3, 0.4) is 0 Å². The van der Waals surface area contributed by atoms with Crippen LogP contribution in [0, 0.1) is 11.6 Å². The summed E-state index contributed by atoms with van der Waals surface area (Å²) in [5.74, 6) is -1.14. The van der Waals surface area contributed by atoms with Gasteiger partial charge in [-0.2, -0.15) is 0 Å². The highest BCUT2D eigenvalue weighted by molar-refractivity contribution is 9.10. The lowest BCUT2D eigenvalue weighted by molar-refractivity contribution is 0.472. The first-order valence-corrected chi connectivity index (χ1v) is 6.67. The Labute approximate surface area is 119 Å². The SMILES string of the molecule is CC(N)(Cc1ccc(F)cc1F)c1ccc(Br)cc1.